The largest absolute Gasteiger partial charge is 0.493 e. The minimum atomic E-state index is -1.09. The van der Waals surface area contributed by atoms with E-state index in [-0.39, 0.29) is 45.9 Å². The molecule has 4 atom stereocenters. The predicted molar refractivity (Wildman–Crippen MR) is 250 cm³/mol. The van der Waals surface area contributed by atoms with Crippen molar-refractivity contribution in [2.24, 2.45) is 0 Å². The van der Waals surface area contributed by atoms with Gasteiger partial charge in [-0.05, 0) is 49.2 Å². The van der Waals surface area contributed by atoms with Crippen molar-refractivity contribution >= 4 is 58.7 Å². The van der Waals surface area contributed by atoms with E-state index in [9.17, 15) is 39.4 Å². The van der Waals surface area contributed by atoms with Gasteiger partial charge in [0.15, 0.2) is 23.0 Å². The number of nitrogens with one attached hydrogen (secondary N) is 2. The average molecular weight is 951 g/mol. The Labute approximate surface area is 391 Å². The molecule has 0 fully saturated rings. The van der Waals surface area contributed by atoms with Crippen molar-refractivity contribution in [2.45, 2.75) is 61.1 Å². The Morgan fingerprint density at radius 1 is 0.530 bits per heavy atom. The number of carbonyl (C=O) groups is 4. The van der Waals surface area contributed by atoms with E-state index in [4.69, 9.17) is 28.4 Å². The number of amides is 2. The number of hydrogen-bond acceptors (Lipinski definition) is 16. The van der Waals surface area contributed by atoms with E-state index in [0.29, 0.717) is 60.8 Å². The van der Waals surface area contributed by atoms with Crippen molar-refractivity contribution in [2.75, 3.05) is 54.2 Å². The van der Waals surface area contributed by atoms with Gasteiger partial charge >= 0.3 is 11.9 Å². The first-order valence-corrected chi connectivity index (χ1v) is 22.8. The summed E-state index contributed by atoms with van der Waals surface area (Å²) in [6.45, 7) is 0. The predicted octanol–water partition coefficient (Wildman–Crippen LogP) is 8.07. The van der Waals surface area contributed by atoms with Crippen molar-refractivity contribution in [3.05, 3.63) is 127 Å². The van der Waals surface area contributed by atoms with E-state index in [1.54, 1.807) is 72.8 Å². The third-order valence-electron chi connectivity index (χ3n) is 10.4. The van der Waals surface area contributed by atoms with E-state index >= 15 is 0 Å². The number of hydrogen-bond donors (Lipinski definition) is 2. The van der Waals surface area contributed by atoms with Gasteiger partial charge < -0.3 is 39.1 Å². The fourth-order valence-electron chi connectivity index (χ4n) is 6.98. The van der Waals surface area contributed by atoms with Crippen LogP contribution >= 0.6 is 23.5 Å². The first-order chi connectivity index (χ1) is 31.8. The quantitative estimate of drug-likeness (QED) is 0.0249. The molecular formula is C46H54N4O14S2. The highest BCUT2D eigenvalue weighted by atomic mass is 32.2. The fourth-order valence-corrected chi connectivity index (χ4v) is 9.67. The SMILES string of the molecule is COC(=O)[C@H](CSC(CCCCCCC(SC[C@H](NC(=O)c1ccccc1)C(=O)OC)c1cc(OC)c(OC)cc1[N+](=O)[O-])c1cc(OC)c(OC)cc1[N+](=O)[O-])NC(=O)c1ccccc1. The van der Waals surface area contributed by atoms with E-state index in [1.807, 2.05) is 0 Å². The molecule has 0 spiro atoms. The number of esters is 2. The van der Waals surface area contributed by atoms with Gasteiger partial charge in [-0.1, -0.05) is 62.1 Å². The molecule has 0 bridgehead atoms. The maximum absolute atomic E-state index is 13.1. The Balaban J connectivity index is 1.57. The standard InChI is InChI=1S/C46H54N4O14S2/c1-59-37-23-31(35(49(55)56)25-39(37)61-3)41(65-27-33(45(53)63-5)47-43(51)29-17-11-9-12-18-29)21-15-7-8-16-22-42(32-24-38(60-2)40(62-4)26-36(32)50(57)58)66-28-34(46(54)64-6)48-44(52)30-19-13-10-14-20-30/h9-14,17-20,23-26,33-34,41-42H,7-8,15-16,21-22,27-28H2,1-6H3,(H,47,51)(H,48,52)/t33-,34-,41?,42?/m0/s1. The number of carbonyl (C=O) groups excluding carboxylic acids is 4. The van der Waals surface area contributed by atoms with Crippen molar-refractivity contribution in [1.82, 2.24) is 10.6 Å². The molecule has 4 aromatic rings. The summed E-state index contributed by atoms with van der Waals surface area (Å²) in [6, 6.07) is 20.2. The van der Waals surface area contributed by atoms with E-state index in [0.717, 1.165) is 0 Å². The van der Waals surface area contributed by atoms with Gasteiger partial charge in [0.1, 0.15) is 12.1 Å². The van der Waals surface area contributed by atoms with Gasteiger partial charge in [-0.2, -0.15) is 23.5 Å². The lowest BCUT2D eigenvalue weighted by molar-refractivity contribution is -0.385. The summed E-state index contributed by atoms with van der Waals surface area (Å²) in [6.07, 6.45) is 3.20. The summed E-state index contributed by atoms with van der Waals surface area (Å²) in [5, 5.41) is 29.2. The Kier molecular flexibility index (Phi) is 20.9. The highest BCUT2D eigenvalue weighted by Gasteiger charge is 2.32. The van der Waals surface area contributed by atoms with Crippen LogP contribution in [0.4, 0.5) is 11.4 Å². The van der Waals surface area contributed by atoms with Gasteiger partial charge in [-0.3, -0.25) is 29.8 Å². The normalized spacial score (nSPS) is 12.6. The van der Waals surface area contributed by atoms with Crippen LogP contribution in [0.25, 0.3) is 0 Å². The number of thioether (sulfide) groups is 2. The first-order valence-electron chi connectivity index (χ1n) is 20.7. The first kappa shape index (κ1) is 52.1. The lowest BCUT2D eigenvalue weighted by Crippen LogP contribution is -2.43. The maximum atomic E-state index is 13.1. The van der Waals surface area contributed by atoms with Crippen LogP contribution in [0.1, 0.15) is 80.9 Å². The third-order valence-corrected chi connectivity index (χ3v) is 13.3. The van der Waals surface area contributed by atoms with Gasteiger partial charge in [-0.15, -0.1) is 0 Å². The van der Waals surface area contributed by atoms with Crippen LogP contribution in [-0.4, -0.2) is 99.8 Å². The lowest BCUT2D eigenvalue weighted by atomic mass is 10.00. The number of nitro benzene ring substituents is 2. The zero-order valence-corrected chi connectivity index (χ0v) is 39.1. The Morgan fingerprint density at radius 2 is 0.864 bits per heavy atom. The van der Waals surface area contributed by atoms with Crippen LogP contribution in [-0.2, 0) is 19.1 Å². The Morgan fingerprint density at radius 3 is 1.17 bits per heavy atom. The molecule has 0 radical (unpaired) electrons. The second kappa shape index (κ2) is 26.4. The Hall–Kier alpha value is -6.54. The van der Waals surface area contributed by atoms with Crippen LogP contribution in [0.2, 0.25) is 0 Å². The molecule has 0 aromatic heterocycles. The monoisotopic (exact) mass is 950 g/mol. The molecule has 0 saturated carbocycles. The molecule has 0 heterocycles. The maximum Gasteiger partial charge on any atom is 0.329 e. The average Bonchev–Trinajstić information content (AvgIpc) is 3.34. The second-order valence-electron chi connectivity index (χ2n) is 14.5. The summed E-state index contributed by atoms with van der Waals surface area (Å²) in [7, 11) is 7.99. The minimum absolute atomic E-state index is 0.0167. The topological polar surface area (TPSA) is 234 Å². The molecule has 2 unspecified atom stereocenters. The molecule has 0 saturated heterocycles. The van der Waals surface area contributed by atoms with Gasteiger partial charge in [0, 0.05) is 44.3 Å². The van der Waals surface area contributed by atoms with E-state index in [1.165, 1.54) is 78.3 Å². The number of methoxy groups -OCH3 is 6. The number of ether oxygens (including phenoxy) is 6. The lowest BCUT2D eigenvalue weighted by Gasteiger charge is -2.23. The van der Waals surface area contributed by atoms with Gasteiger partial charge in [-0.25, -0.2) is 9.59 Å². The van der Waals surface area contributed by atoms with Gasteiger partial charge in [0.05, 0.1) is 64.6 Å². The van der Waals surface area contributed by atoms with Crippen molar-refractivity contribution < 1.29 is 57.4 Å². The minimum Gasteiger partial charge on any atom is -0.493 e. The molecule has 354 valence electrons. The third kappa shape index (κ3) is 14.5. The molecule has 20 heteroatoms. The molecule has 2 N–H and O–H groups in total. The summed E-state index contributed by atoms with van der Waals surface area (Å²) in [5.41, 5.74) is 0.907. The zero-order valence-electron chi connectivity index (χ0n) is 37.5. The smallest absolute Gasteiger partial charge is 0.329 e. The molecular weight excluding hydrogens is 897 g/mol. The highest BCUT2D eigenvalue weighted by Crippen LogP contribution is 2.46. The highest BCUT2D eigenvalue weighted by molar-refractivity contribution is 7.99. The molecule has 66 heavy (non-hydrogen) atoms. The number of nitro groups is 2. The fraction of sp³-hybridized carbons (Fsp3) is 0.391. The number of nitrogens with zero attached hydrogens (tertiary/aromatic N) is 2. The molecule has 0 aliphatic heterocycles. The number of unbranched alkanes of at least 4 members (excludes halogenated alkanes) is 3. The number of rotatable bonds is 27. The van der Waals surface area contributed by atoms with E-state index < -0.39 is 56.2 Å². The van der Waals surface area contributed by atoms with Crippen molar-refractivity contribution in [1.29, 1.82) is 0 Å². The summed E-state index contributed by atoms with van der Waals surface area (Å²) in [5.74, 6) is -1.46. The van der Waals surface area contributed by atoms with Crippen molar-refractivity contribution in [3.8, 4) is 23.0 Å². The van der Waals surface area contributed by atoms with Gasteiger partial charge in [0.25, 0.3) is 23.2 Å². The van der Waals surface area contributed by atoms with Crippen LogP contribution in [0, 0.1) is 20.2 Å². The van der Waals surface area contributed by atoms with Crippen molar-refractivity contribution in [3.63, 3.8) is 0 Å². The van der Waals surface area contributed by atoms with Crippen LogP contribution in [0.15, 0.2) is 84.9 Å². The van der Waals surface area contributed by atoms with Crippen LogP contribution < -0.4 is 29.6 Å². The summed E-state index contributed by atoms with van der Waals surface area (Å²) < 4.78 is 31.8. The molecule has 0 aliphatic rings. The van der Waals surface area contributed by atoms with Gasteiger partial charge in [0.2, 0.25) is 0 Å². The zero-order chi connectivity index (χ0) is 48.2. The van der Waals surface area contributed by atoms with E-state index in [2.05, 4.69) is 10.6 Å². The van der Waals surface area contributed by atoms with Crippen LogP contribution in [0.3, 0.4) is 0 Å². The summed E-state index contributed by atoms with van der Waals surface area (Å²) in [4.78, 5) is 76.0. The molecule has 0 aliphatic carbocycles. The molecule has 4 aromatic carbocycles. The number of benzene rings is 4. The molecule has 18 nitrogen and oxygen atoms in total. The summed E-state index contributed by atoms with van der Waals surface area (Å²) >= 11 is 2.49. The molecule has 2 amide bonds. The van der Waals surface area contributed by atoms with Crippen LogP contribution in [0.5, 0.6) is 23.0 Å². The molecule has 4 rings (SSSR count). The Bertz CT molecular complexity index is 2130. The second-order valence-corrected chi connectivity index (χ2v) is 17.0.